The van der Waals surface area contributed by atoms with Crippen molar-refractivity contribution in [3.05, 3.63) is 71.1 Å². The predicted octanol–water partition coefficient (Wildman–Crippen LogP) is 4.74. The van der Waals surface area contributed by atoms with Gasteiger partial charge in [-0.3, -0.25) is 9.78 Å². The maximum absolute atomic E-state index is 12.9. The zero-order chi connectivity index (χ0) is 23.8. The number of carbonyl (C=O) groups excluding carboxylic acids is 1. The van der Waals surface area contributed by atoms with Crippen molar-refractivity contribution in [2.45, 2.75) is 26.3 Å². The number of unbranched alkanes of at least 4 members (excludes halogenated alkanes) is 1. The van der Waals surface area contributed by atoms with Gasteiger partial charge in [0.2, 0.25) is 0 Å². The van der Waals surface area contributed by atoms with E-state index in [-0.39, 0.29) is 5.91 Å². The molecule has 0 radical (unpaired) electrons. The number of pyridine rings is 2. The Kier molecular flexibility index (Phi) is 8.33. The Morgan fingerprint density at radius 1 is 1.18 bits per heavy atom. The maximum Gasteiger partial charge on any atom is 0.253 e. The average Bonchev–Trinajstić information content (AvgIpc) is 2.89. The van der Waals surface area contributed by atoms with Crippen LogP contribution in [0.2, 0.25) is 5.02 Å². The van der Waals surface area contributed by atoms with Gasteiger partial charge in [-0.05, 0) is 36.2 Å². The van der Waals surface area contributed by atoms with Crippen LogP contribution in [-0.2, 0) is 11.3 Å². The fourth-order valence-electron chi connectivity index (χ4n) is 3.75. The lowest BCUT2D eigenvalue weighted by molar-refractivity contribution is 0.0950. The number of amides is 1. The molecule has 7 nitrogen and oxygen atoms in total. The Morgan fingerprint density at radius 3 is 2.82 bits per heavy atom. The number of halogens is 1. The zero-order valence-electron chi connectivity index (χ0n) is 19.3. The summed E-state index contributed by atoms with van der Waals surface area (Å²) in [5.41, 5.74) is 3.13. The van der Waals surface area contributed by atoms with Crippen LogP contribution in [0.4, 0.5) is 5.82 Å². The predicted molar refractivity (Wildman–Crippen MR) is 134 cm³/mol. The molecule has 1 saturated heterocycles. The van der Waals surface area contributed by atoms with Gasteiger partial charge in [0.25, 0.3) is 5.91 Å². The highest BCUT2D eigenvalue weighted by Gasteiger charge is 2.17. The summed E-state index contributed by atoms with van der Waals surface area (Å²) in [4.78, 5) is 23.9. The minimum absolute atomic E-state index is 0.197. The summed E-state index contributed by atoms with van der Waals surface area (Å²) in [7, 11) is 0. The molecule has 1 fully saturated rings. The largest absolute Gasteiger partial charge is 0.492 e. The molecule has 3 aromatic rings. The van der Waals surface area contributed by atoms with Crippen molar-refractivity contribution >= 4 is 23.3 Å². The third-order valence-corrected chi connectivity index (χ3v) is 5.93. The molecule has 8 heteroatoms. The molecule has 0 bridgehead atoms. The molecule has 1 amide bonds. The van der Waals surface area contributed by atoms with Crippen LogP contribution in [0, 0.1) is 0 Å². The van der Waals surface area contributed by atoms with Crippen molar-refractivity contribution in [1.82, 2.24) is 15.3 Å². The van der Waals surface area contributed by atoms with Gasteiger partial charge in [-0.25, -0.2) is 4.98 Å². The number of nitrogens with zero attached hydrogens (tertiary/aromatic N) is 3. The lowest BCUT2D eigenvalue weighted by Gasteiger charge is -2.29. The van der Waals surface area contributed by atoms with E-state index < -0.39 is 0 Å². The van der Waals surface area contributed by atoms with E-state index in [9.17, 15) is 4.79 Å². The highest BCUT2D eigenvalue weighted by molar-refractivity contribution is 6.32. The van der Waals surface area contributed by atoms with Crippen LogP contribution < -0.4 is 15.0 Å². The number of ether oxygens (including phenoxy) is 2. The Balaban J connectivity index is 1.43. The number of anilines is 1. The SMILES string of the molecule is CCCCOc1ccc(-c2cncc(C(=O)NCc3cccnc3N3CCOCC3)c2)cc1Cl. The molecule has 2 aromatic heterocycles. The van der Waals surface area contributed by atoms with E-state index in [1.807, 2.05) is 36.4 Å². The fourth-order valence-corrected chi connectivity index (χ4v) is 3.99. The lowest BCUT2D eigenvalue weighted by atomic mass is 10.1. The van der Waals surface area contributed by atoms with E-state index in [4.69, 9.17) is 21.1 Å². The van der Waals surface area contributed by atoms with Crippen molar-refractivity contribution in [1.29, 1.82) is 0 Å². The van der Waals surface area contributed by atoms with Crippen LogP contribution >= 0.6 is 11.6 Å². The summed E-state index contributed by atoms with van der Waals surface area (Å²) in [6.07, 6.45) is 7.10. The summed E-state index contributed by atoms with van der Waals surface area (Å²) in [6.45, 7) is 6.05. The number of rotatable bonds is 9. The molecule has 0 saturated carbocycles. The Hall–Kier alpha value is -3.16. The smallest absolute Gasteiger partial charge is 0.253 e. The molecule has 0 aliphatic carbocycles. The van der Waals surface area contributed by atoms with E-state index in [1.54, 1.807) is 18.6 Å². The van der Waals surface area contributed by atoms with Crippen LogP contribution in [0.25, 0.3) is 11.1 Å². The number of carbonyl (C=O) groups is 1. The molecule has 3 heterocycles. The number of benzene rings is 1. The van der Waals surface area contributed by atoms with Crippen LogP contribution in [0.5, 0.6) is 5.75 Å². The summed E-state index contributed by atoms with van der Waals surface area (Å²) < 4.78 is 11.2. The van der Waals surface area contributed by atoms with Crippen molar-refractivity contribution in [2.75, 3.05) is 37.8 Å². The van der Waals surface area contributed by atoms with E-state index in [1.165, 1.54) is 0 Å². The molecule has 0 atom stereocenters. The monoisotopic (exact) mass is 480 g/mol. The number of hydrogen-bond acceptors (Lipinski definition) is 6. The average molecular weight is 481 g/mol. The molecule has 1 aliphatic rings. The van der Waals surface area contributed by atoms with Crippen LogP contribution in [0.3, 0.4) is 0 Å². The first-order valence-corrected chi connectivity index (χ1v) is 12.0. The van der Waals surface area contributed by atoms with E-state index in [0.29, 0.717) is 42.7 Å². The summed E-state index contributed by atoms with van der Waals surface area (Å²) in [5.74, 6) is 1.35. The molecule has 1 aliphatic heterocycles. The molecular weight excluding hydrogens is 452 g/mol. The summed E-state index contributed by atoms with van der Waals surface area (Å²) in [5, 5.41) is 3.54. The fraction of sp³-hybridized carbons (Fsp3) is 0.346. The molecule has 0 spiro atoms. The number of nitrogens with one attached hydrogen (secondary N) is 1. The first-order chi connectivity index (χ1) is 16.7. The zero-order valence-corrected chi connectivity index (χ0v) is 20.1. The lowest BCUT2D eigenvalue weighted by Crippen LogP contribution is -2.37. The van der Waals surface area contributed by atoms with Crippen LogP contribution in [0.15, 0.2) is 55.0 Å². The second kappa shape index (κ2) is 11.8. The minimum atomic E-state index is -0.197. The van der Waals surface area contributed by atoms with Gasteiger partial charge < -0.3 is 19.7 Å². The van der Waals surface area contributed by atoms with Crippen LogP contribution in [-0.4, -0.2) is 48.8 Å². The molecule has 4 rings (SSSR count). The Bertz CT molecular complexity index is 1120. The third-order valence-electron chi connectivity index (χ3n) is 5.64. The highest BCUT2D eigenvalue weighted by Crippen LogP contribution is 2.30. The van der Waals surface area contributed by atoms with Crippen molar-refractivity contribution < 1.29 is 14.3 Å². The number of hydrogen-bond donors (Lipinski definition) is 1. The summed E-state index contributed by atoms with van der Waals surface area (Å²) in [6, 6.07) is 11.3. The molecule has 1 aromatic carbocycles. The first kappa shape index (κ1) is 24.0. The van der Waals surface area contributed by atoms with E-state index >= 15 is 0 Å². The molecular formula is C26H29ClN4O3. The van der Waals surface area contributed by atoms with Gasteiger partial charge in [0.05, 0.1) is 30.4 Å². The van der Waals surface area contributed by atoms with Crippen LogP contribution in [0.1, 0.15) is 35.7 Å². The molecule has 0 unspecified atom stereocenters. The normalized spacial score (nSPS) is 13.5. The number of aromatic nitrogens is 2. The Labute approximate surface area is 205 Å². The van der Waals surface area contributed by atoms with Gasteiger partial charge in [-0.2, -0.15) is 0 Å². The quantitative estimate of drug-likeness (QED) is 0.446. The topological polar surface area (TPSA) is 76.6 Å². The second-order valence-corrected chi connectivity index (χ2v) is 8.48. The van der Waals surface area contributed by atoms with Gasteiger partial charge in [0, 0.05) is 49.4 Å². The van der Waals surface area contributed by atoms with Crippen molar-refractivity contribution in [3.8, 4) is 16.9 Å². The maximum atomic E-state index is 12.9. The van der Waals surface area contributed by atoms with Gasteiger partial charge in [-0.15, -0.1) is 0 Å². The summed E-state index contributed by atoms with van der Waals surface area (Å²) >= 11 is 6.41. The number of morpholine rings is 1. The first-order valence-electron chi connectivity index (χ1n) is 11.6. The molecule has 1 N–H and O–H groups in total. The molecule has 34 heavy (non-hydrogen) atoms. The van der Waals surface area contributed by atoms with E-state index in [2.05, 4.69) is 27.1 Å². The van der Waals surface area contributed by atoms with Crippen molar-refractivity contribution in [2.24, 2.45) is 0 Å². The minimum Gasteiger partial charge on any atom is -0.492 e. The third kappa shape index (κ3) is 6.04. The highest BCUT2D eigenvalue weighted by atomic mass is 35.5. The van der Waals surface area contributed by atoms with Crippen molar-refractivity contribution in [3.63, 3.8) is 0 Å². The second-order valence-electron chi connectivity index (χ2n) is 8.08. The Morgan fingerprint density at radius 2 is 2.03 bits per heavy atom. The van der Waals surface area contributed by atoms with E-state index in [0.717, 1.165) is 48.4 Å². The van der Waals surface area contributed by atoms with Gasteiger partial charge in [0.1, 0.15) is 11.6 Å². The molecule has 178 valence electrons. The van der Waals surface area contributed by atoms with Gasteiger partial charge in [-0.1, -0.05) is 37.1 Å². The standard InChI is InChI=1S/C26H29ClN4O3/c1-2-3-11-34-24-7-6-19(15-23(24)27)21-14-22(17-28-16-21)26(32)30-18-20-5-4-8-29-25(20)31-9-12-33-13-10-31/h4-8,14-17H,2-3,9-13,18H2,1H3,(H,30,32). The van der Waals surface area contributed by atoms with Gasteiger partial charge >= 0.3 is 0 Å². The van der Waals surface area contributed by atoms with Gasteiger partial charge in [0.15, 0.2) is 0 Å².